The molecule has 1 aromatic rings. The van der Waals surface area contributed by atoms with Gasteiger partial charge in [0.2, 0.25) is 0 Å². The summed E-state index contributed by atoms with van der Waals surface area (Å²) >= 11 is 0. The molecule has 2 heterocycles. The van der Waals surface area contributed by atoms with Crippen LogP contribution in [0.15, 0.2) is 24.3 Å². The summed E-state index contributed by atoms with van der Waals surface area (Å²) < 4.78 is 6.25. The Balaban J connectivity index is 1.79. The molecule has 0 aromatic heterocycles. The third kappa shape index (κ3) is 3.36. The Bertz CT molecular complexity index is 685. The number of likely N-dealkylation sites (tertiary alicyclic amines) is 1. The van der Waals surface area contributed by atoms with E-state index in [9.17, 15) is 9.59 Å². The van der Waals surface area contributed by atoms with E-state index >= 15 is 0 Å². The Morgan fingerprint density at radius 2 is 2.04 bits per heavy atom. The smallest absolute Gasteiger partial charge is 0.328 e. The second-order valence-corrected chi connectivity index (χ2v) is 6.94. The summed E-state index contributed by atoms with van der Waals surface area (Å²) in [5.41, 5.74) is 0.867. The van der Waals surface area contributed by atoms with Gasteiger partial charge in [-0.1, -0.05) is 6.07 Å². The van der Waals surface area contributed by atoms with Gasteiger partial charge in [0.05, 0.1) is 12.0 Å². The molecule has 0 aliphatic carbocycles. The molecule has 1 spiro atoms. The van der Waals surface area contributed by atoms with Gasteiger partial charge in [0.1, 0.15) is 11.4 Å². The zero-order chi connectivity index (χ0) is 17.3. The third-order valence-corrected chi connectivity index (χ3v) is 4.97. The molecule has 5 heteroatoms. The summed E-state index contributed by atoms with van der Waals surface area (Å²) in [5, 5.41) is 8.71. The lowest BCUT2D eigenvalue weighted by Gasteiger charge is -2.45. The maximum atomic E-state index is 12.6. The number of piperidine rings is 1. The molecule has 0 amide bonds. The zero-order valence-electron chi connectivity index (χ0n) is 14.1. The van der Waals surface area contributed by atoms with Crippen molar-refractivity contribution >= 4 is 17.8 Å². The van der Waals surface area contributed by atoms with E-state index in [4.69, 9.17) is 9.84 Å². The molecule has 24 heavy (non-hydrogen) atoms. The summed E-state index contributed by atoms with van der Waals surface area (Å²) in [6.45, 7) is 6.26. The molecular weight excluding hydrogens is 306 g/mol. The Hall–Kier alpha value is -2.14. The van der Waals surface area contributed by atoms with E-state index in [1.165, 1.54) is 6.08 Å². The predicted molar refractivity (Wildman–Crippen MR) is 91.4 cm³/mol. The Labute approximate surface area is 141 Å². The van der Waals surface area contributed by atoms with Crippen LogP contribution in [0.2, 0.25) is 0 Å². The van der Waals surface area contributed by atoms with Crippen LogP contribution in [-0.2, 0) is 4.79 Å². The van der Waals surface area contributed by atoms with Gasteiger partial charge in [-0.25, -0.2) is 4.79 Å². The van der Waals surface area contributed by atoms with Gasteiger partial charge in [0.25, 0.3) is 0 Å². The predicted octanol–water partition coefficient (Wildman–Crippen LogP) is 2.99. The van der Waals surface area contributed by atoms with E-state index < -0.39 is 5.97 Å². The van der Waals surface area contributed by atoms with Crippen molar-refractivity contribution in [3.8, 4) is 5.75 Å². The monoisotopic (exact) mass is 329 g/mol. The van der Waals surface area contributed by atoms with E-state index in [0.29, 0.717) is 29.3 Å². The number of carbonyl (C=O) groups excluding carboxylic acids is 1. The summed E-state index contributed by atoms with van der Waals surface area (Å²) in [4.78, 5) is 25.7. The van der Waals surface area contributed by atoms with E-state index in [2.05, 4.69) is 18.7 Å². The number of rotatable bonds is 3. The van der Waals surface area contributed by atoms with Crippen LogP contribution in [0.1, 0.15) is 49.0 Å². The summed E-state index contributed by atoms with van der Waals surface area (Å²) in [7, 11) is 0. The molecule has 0 atom stereocenters. The van der Waals surface area contributed by atoms with E-state index in [0.717, 1.165) is 32.0 Å². The molecule has 2 aliphatic rings. The van der Waals surface area contributed by atoms with Crippen LogP contribution in [-0.4, -0.2) is 46.5 Å². The number of ketones is 1. The highest BCUT2D eigenvalue weighted by Gasteiger charge is 2.43. The molecule has 1 aromatic carbocycles. The molecule has 2 aliphatic heterocycles. The van der Waals surface area contributed by atoms with Crippen LogP contribution in [0.3, 0.4) is 0 Å². The molecular formula is C19H23NO4. The van der Waals surface area contributed by atoms with Crippen molar-refractivity contribution in [1.29, 1.82) is 0 Å². The molecule has 1 saturated heterocycles. The van der Waals surface area contributed by atoms with Crippen molar-refractivity contribution in [2.24, 2.45) is 0 Å². The lowest BCUT2D eigenvalue weighted by atomic mass is 9.82. The van der Waals surface area contributed by atoms with E-state index in [1.807, 2.05) is 0 Å². The van der Waals surface area contributed by atoms with Gasteiger partial charge in [0.15, 0.2) is 5.78 Å². The molecule has 1 N–H and O–H groups in total. The van der Waals surface area contributed by atoms with Gasteiger partial charge in [0, 0.05) is 38.0 Å². The van der Waals surface area contributed by atoms with Crippen LogP contribution in [0.4, 0.5) is 0 Å². The highest BCUT2D eigenvalue weighted by molar-refractivity contribution is 6.01. The molecule has 128 valence electrons. The number of hydrogen-bond acceptors (Lipinski definition) is 4. The second-order valence-electron chi connectivity index (χ2n) is 6.94. The first-order chi connectivity index (χ1) is 11.4. The van der Waals surface area contributed by atoms with Gasteiger partial charge in [-0.05, 0) is 37.6 Å². The number of aliphatic carboxylic acids is 1. The zero-order valence-corrected chi connectivity index (χ0v) is 14.1. The quantitative estimate of drug-likeness (QED) is 0.864. The average molecular weight is 329 g/mol. The molecule has 0 bridgehead atoms. The summed E-state index contributed by atoms with van der Waals surface area (Å²) in [6, 6.07) is 5.79. The number of nitrogens with zero attached hydrogens (tertiary/aromatic N) is 1. The topological polar surface area (TPSA) is 66.8 Å². The minimum Gasteiger partial charge on any atom is -0.486 e. The number of carboxylic acids is 1. The number of carboxylic acid groups (broad SMARTS) is 1. The van der Waals surface area contributed by atoms with Gasteiger partial charge in [-0.2, -0.15) is 0 Å². The molecule has 0 unspecified atom stereocenters. The Morgan fingerprint density at radius 3 is 2.67 bits per heavy atom. The van der Waals surface area contributed by atoms with Crippen molar-refractivity contribution in [2.45, 2.75) is 44.8 Å². The maximum absolute atomic E-state index is 12.6. The molecule has 1 fully saturated rings. The van der Waals surface area contributed by atoms with Gasteiger partial charge in [-0.3, -0.25) is 4.79 Å². The van der Waals surface area contributed by atoms with Crippen molar-refractivity contribution in [3.63, 3.8) is 0 Å². The van der Waals surface area contributed by atoms with E-state index in [1.54, 1.807) is 18.2 Å². The largest absolute Gasteiger partial charge is 0.486 e. The third-order valence-electron chi connectivity index (χ3n) is 4.97. The number of fused-ring (bicyclic) bond motifs is 1. The number of benzene rings is 1. The summed E-state index contributed by atoms with van der Waals surface area (Å²) in [6.07, 6.45) is 4.67. The highest BCUT2D eigenvalue weighted by atomic mass is 16.5. The number of hydrogen-bond donors (Lipinski definition) is 1. The van der Waals surface area contributed by atoms with Gasteiger partial charge < -0.3 is 14.7 Å². The first kappa shape index (κ1) is 16.7. The minimum absolute atomic E-state index is 0.0832. The SMILES string of the molecule is CC(C)N1CCC2(CC1)CC(=O)c1cc(C=CC(=O)O)ccc1O2. The van der Waals surface area contributed by atoms with Crippen LogP contribution in [0.25, 0.3) is 6.08 Å². The fourth-order valence-corrected chi connectivity index (χ4v) is 3.51. The molecule has 3 rings (SSSR count). The summed E-state index contributed by atoms with van der Waals surface area (Å²) in [5.74, 6) is -0.303. The van der Waals surface area contributed by atoms with Crippen LogP contribution in [0.5, 0.6) is 5.75 Å². The molecule has 5 nitrogen and oxygen atoms in total. The number of Topliss-reactive ketones (excluding diaryl/α,β-unsaturated/α-hetero) is 1. The fraction of sp³-hybridized carbons (Fsp3) is 0.474. The van der Waals surface area contributed by atoms with Crippen molar-refractivity contribution < 1.29 is 19.4 Å². The van der Waals surface area contributed by atoms with Crippen molar-refractivity contribution in [1.82, 2.24) is 4.90 Å². The second kappa shape index (κ2) is 6.40. The standard InChI is InChI=1S/C19H23NO4/c1-13(2)20-9-7-19(8-10-20)12-16(21)15-11-14(4-6-18(22)23)3-5-17(15)24-19/h3-6,11,13H,7-10,12H2,1-2H3,(H,22,23). The molecule has 0 radical (unpaired) electrons. The van der Waals surface area contributed by atoms with Crippen molar-refractivity contribution in [3.05, 3.63) is 35.4 Å². The normalized spacial score (nSPS) is 20.4. The van der Waals surface area contributed by atoms with E-state index in [-0.39, 0.29) is 11.4 Å². The number of ether oxygens (including phenoxy) is 1. The average Bonchev–Trinajstić information content (AvgIpc) is 2.53. The molecule has 0 saturated carbocycles. The number of carbonyl (C=O) groups is 2. The van der Waals surface area contributed by atoms with Gasteiger partial charge in [-0.15, -0.1) is 0 Å². The lowest BCUT2D eigenvalue weighted by molar-refractivity contribution is -0.131. The lowest BCUT2D eigenvalue weighted by Crippen LogP contribution is -2.52. The van der Waals surface area contributed by atoms with Crippen molar-refractivity contribution in [2.75, 3.05) is 13.1 Å². The van der Waals surface area contributed by atoms with Crippen LogP contribution >= 0.6 is 0 Å². The highest BCUT2D eigenvalue weighted by Crippen LogP contribution is 2.40. The van der Waals surface area contributed by atoms with Gasteiger partial charge >= 0.3 is 5.97 Å². The fourth-order valence-electron chi connectivity index (χ4n) is 3.51. The minimum atomic E-state index is -1.01. The Morgan fingerprint density at radius 1 is 1.33 bits per heavy atom. The first-order valence-corrected chi connectivity index (χ1v) is 8.40. The Kier molecular flexibility index (Phi) is 4.45. The van der Waals surface area contributed by atoms with Crippen LogP contribution in [0, 0.1) is 0 Å². The van der Waals surface area contributed by atoms with Crippen LogP contribution < -0.4 is 4.74 Å². The first-order valence-electron chi connectivity index (χ1n) is 8.40. The maximum Gasteiger partial charge on any atom is 0.328 e.